The molecule has 0 aliphatic carbocycles. The molecular formula is C8H15N3OSe. The number of aliphatic imine (C=N–C) groups is 1. The molecule has 5 heteroatoms. The average molecular weight is 248 g/mol. The van der Waals surface area contributed by atoms with Crippen LogP contribution in [0.15, 0.2) is 4.99 Å². The number of morpholine rings is 1. The summed E-state index contributed by atoms with van der Waals surface area (Å²) in [5.41, 5.74) is 0. The molecule has 0 amide bonds. The molecule has 1 rings (SSSR count). The van der Waals surface area contributed by atoms with Gasteiger partial charge < -0.3 is 0 Å². The Morgan fingerprint density at radius 1 is 1.46 bits per heavy atom. The molecule has 13 heavy (non-hydrogen) atoms. The number of nitrogens with zero attached hydrogens (tertiary/aromatic N) is 3. The molecule has 1 aliphatic rings. The van der Waals surface area contributed by atoms with Crippen LogP contribution in [-0.2, 0) is 4.74 Å². The van der Waals surface area contributed by atoms with Crippen molar-refractivity contribution in [2.24, 2.45) is 4.99 Å². The van der Waals surface area contributed by atoms with Gasteiger partial charge >= 0.3 is 86.5 Å². The number of hydrogen-bond acceptors (Lipinski definition) is 3. The standard InChI is InChI=1S/C8H15N3OSe/c1-10(2)7-9-8(13)11-3-5-12-6-4-11/h7H,3-6H2,1-2H3. The Morgan fingerprint density at radius 2 is 2.08 bits per heavy atom. The zero-order valence-corrected chi connectivity index (χ0v) is 9.78. The Hall–Kier alpha value is -0.381. The summed E-state index contributed by atoms with van der Waals surface area (Å²) >= 11 is 2.96. The van der Waals surface area contributed by atoms with Crippen LogP contribution < -0.4 is 0 Å². The van der Waals surface area contributed by atoms with Gasteiger partial charge in [0.05, 0.1) is 0 Å². The minimum absolute atomic E-state index is 0.794. The first-order valence-corrected chi connectivity index (χ1v) is 5.13. The first kappa shape index (κ1) is 10.7. The van der Waals surface area contributed by atoms with Crippen molar-refractivity contribution < 1.29 is 4.74 Å². The predicted molar refractivity (Wildman–Crippen MR) is 55.3 cm³/mol. The number of rotatable bonds is 3. The molecule has 74 valence electrons. The Balaban J connectivity index is 2.37. The molecule has 1 aliphatic heterocycles. The van der Waals surface area contributed by atoms with Crippen LogP contribution in [0.25, 0.3) is 0 Å². The maximum atomic E-state index is 5.24. The van der Waals surface area contributed by atoms with E-state index in [4.69, 9.17) is 4.74 Å². The number of hydrogen-bond donors (Lipinski definition) is 0. The summed E-state index contributed by atoms with van der Waals surface area (Å²) in [6.07, 6.45) is 1.79. The van der Waals surface area contributed by atoms with Crippen molar-refractivity contribution in [2.75, 3.05) is 40.4 Å². The van der Waals surface area contributed by atoms with Crippen molar-refractivity contribution in [3.63, 3.8) is 0 Å². The van der Waals surface area contributed by atoms with Crippen molar-refractivity contribution >= 4 is 26.6 Å². The van der Waals surface area contributed by atoms with Crippen molar-refractivity contribution in [1.82, 2.24) is 9.80 Å². The Kier molecular flexibility index (Phi) is 4.42. The fourth-order valence-corrected chi connectivity index (χ4v) is 1.48. The molecule has 0 aromatic carbocycles. The van der Waals surface area contributed by atoms with Crippen LogP contribution in [-0.4, -0.2) is 76.8 Å². The quantitative estimate of drug-likeness (QED) is 0.370. The summed E-state index contributed by atoms with van der Waals surface area (Å²) in [4.78, 5) is 8.38. The normalized spacial score (nSPS) is 17.8. The molecule has 1 fully saturated rings. The van der Waals surface area contributed by atoms with Gasteiger partial charge in [0.2, 0.25) is 0 Å². The fourth-order valence-electron chi connectivity index (χ4n) is 1.00. The second-order valence-corrected chi connectivity index (χ2v) is 3.86. The van der Waals surface area contributed by atoms with Crippen molar-refractivity contribution in [3.8, 4) is 0 Å². The van der Waals surface area contributed by atoms with Gasteiger partial charge in [-0.2, -0.15) is 0 Å². The van der Waals surface area contributed by atoms with E-state index in [0.717, 1.165) is 31.0 Å². The zero-order chi connectivity index (χ0) is 9.68. The fraction of sp³-hybridized carbons (Fsp3) is 0.750. The van der Waals surface area contributed by atoms with E-state index in [9.17, 15) is 0 Å². The molecular weight excluding hydrogens is 233 g/mol. The molecule has 0 bridgehead atoms. The molecule has 0 spiro atoms. The molecule has 0 atom stereocenters. The minimum atomic E-state index is 0.794. The third-order valence-corrected chi connectivity index (χ3v) is 2.44. The Labute approximate surface area is 86.9 Å². The molecule has 0 unspecified atom stereocenters. The molecule has 1 saturated heterocycles. The van der Waals surface area contributed by atoms with Crippen LogP contribution in [0.2, 0.25) is 0 Å². The van der Waals surface area contributed by atoms with E-state index < -0.39 is 0 Å². The summed E-state index contributed by atoms with van der Waals surface area (Å²) in [5.74, 6) is 0. The van der Waals surface area contributed by atoms with E-state index in [1.807, 2.05) is 19.0 Å². The van der Waals surface area contributed by atoms with Gasteiger partial charge in [-0.15, -0.1) is 0 Å². The summed E-state index contributed by atoms with van der Waals surface area (Å²) in [6.45, 7) is 3.44. The topological polar surface area (TPSA) is 28.1 Å². The van der Waals surface area contributed by atoms with Gasteiger partial charge in [0.1, 0.15) is 0 Å². The van der Waals surface area contributed by atoms with Crippen LogP contribution in [0, 0.1) is 0 Å². The van der Waals surface area contributed by atoms with Gasteiger partial charge in [-0.1, -0.05) is 0 Å². The average Bonchev–Trinajstić information content (AvgIpc) is 2.15. The SMILES string of the molecule is CN(C)C=NC(=[Se])N1CCOCC1. The number of ether oxygens (including phenoxy) is 1. The second-order valence-electron chi connectivity index (χ2n) is 3.09. The van der Waals surface area contributed by atoms with Crippen molar-refractivity contribution in [3.05, 3.63) is 0 Å². The first-order chi connectivity index (χ1) is 6.20. The molecule has 1 heterocycles. The summed E-state index contributed by atoms with van der Waals surface area (Å²) in [7, 11) is 3.91. The van der Waals surface area contributed by atoms with Gasteiger partial charge in [0, 0.05) is 0 Å². The van der Waals surface area contributed by atoms with Crippen LogP contribution in [0.3, 0.4) is 0 Å². The van der Waals surface area contributed by atoms with Crippen LogP contribution >= 0.6 is 0 Å². The van der Waals surface area contributed by atoms with Crippen molar-refractivity contribution in [1.29, 1.82) is 0 Å². The Bertz CT molecular complexity index is 200. The van der Waals surface area contributed by atoms with E-state index in [1.54, 1.807) is 6.34 Å². The van der Waals surface area contributed by atoms with Gasteiger partial charge in [0.15, 0.2) is 0 Å². The molecule has 0 aromatic heterocycles. The molecule has 0 aromatic rings. The third-order valence-electron chi connectivity index (χ3n) is 1.68. The van der Waals surface area contributed by atoms with E-state index >= 15 is 0 Å². The Morgan fingerprint density at radius 3 is 2.62 bits per heavy atom. The first-order valence-electron chi connectivity index (χ1n) is 4.27. The van der Waals surface area contributed by atoms with Gasteiger partial charge in [0.25, 0.3) is 0 Å². The monoisotopic (exact) mass is 249 g/mol. The van der Waals surface area contributed by atoms with Gasteiger partial charge in [-0.25, -0.2) is 0 Å². The van der Waals surface area contributed by atoms with E-state index in [-0.39, 0.29) is 0 Å². The molecule has 4 nitrogen and oxygen atoms in total. The van der Waals surface area contributed by atoms with E-state index in [1.165, 1.54) is 0 Å². The molecule has 0 saturated carbocycles. The summed E-state index contributed by atoms with van der Waals surface area (Å²) in [5, 5.41) is 0. The van der Waals surface area contributed by atoms with E-state index in [0.29, 0.717) is 0 Å². The summed E-state index contributed by atoms with van der Waals surface area (Å²) in [6, 6.07) is 0. The van der Waals surface area contributed by atoms with Crippen LogP contribution in [0.1, 0.15) is 0 Å². The maximum absolute atomic E-state index is 5.24. The van der Waals surface area contributed by atoms with Crippen LogP contribution in [0.5, 0.6) is 0 Å². The van der Waals surface area contributed by atoms with E-state index in [2.05, 4.69) is 25.5 Å². The zero-order valence-electron chi connectivity index (χ0n) is 8.06. The summed E-state index contributed by atoms with van der Waals surface area (Å²) < 4.78 is 6.19. The molecule has 0 radical (unpaired) electrons. The van der Waals surface area contributed by atoms with Crippen molar-refractivity contribution in [2.45, 2.75) is 0 Å². The third kappa shape index (κ3) is 3.89. The predicted octanol–water partition coefficient (Wildman–Crippen LogP) is -0.836. The van der Waals surface area contributed by atoms with Gasteiger partial charge in [-0.05, 0) is 0 Å². The van der Waals surface area contributed by atoms with Gasteiger partial charge in [-0.3, -0.25) is 0 Å². The molecule has 0 N–H and O–H groups in total. The van der Waals surface area contributed by atoms with Crippen LogP contribution in [0.4, 0.5) is 0 Å². The second kappa shape index (κ2) is 5.37.